The molecule has 0 aromatic heterocycles. The number of alkyl halides is 9. The lowest BCUT2D eigenvalue weighted by Gasteiger charge is -2.46. The quantitative estimate of drug-likeness (QED) is 0.00928. The van der Waals surface area contributed by atoms with E-state index in [1.54, 1.807) is 37.5 Å². The van der Waals surface area contributed by atoms with Crippen molar-refractivity contribution < 1.29 is 131 Å². The lowest BCUT2D eigenvalue weighted by Crippen LogP contribution is -2.59. The van der Waals surface area contributed by atoms with Crippen LogP contribution in [0.15, 0.2) is 126 Å². The van der Waals surface area contributed by atoms with Crippen LogP contribution < -0.4 is 16.0 Å². The molecule has 10 rings (SSSR count). The minimum atomic E-state index is -4.95. The number of nitrogens with zero attached hydrogens (tertiary/aromatic N) is 9. The number of aliphatic hydroxyl groups excluding tert-OH is 2. The van der Waals surface area contributed by atoms with Gasteiger partial charge in [0.2, 0.25) is 0 Å². The Bertz CT molecular complexity index is 4030. The number of halogens is 9. The third-order valence-electron chi connectivity index (χ3n) is 21.3. The van der Waals surface area contributed by atoms with Crippen molar-refractivity contribution in [3.63, 3.8) is 0 Å². The molecule has 0 radical (unpaired) electrons. The summed E-state index contributed by atoms with van der Waals surface area (Å²) in [4.78, 5) is 93.7. The summed E-state index contributed by atoms with van der Waals surface area (Å²) in [6.45, 7) is 31.2. The average molecular weight is 1830 g/mol. The molecule has 5 N–H and O–H groups in total. The van der Waals surface area contributed by atoms with Crippen molar-refractivity contribution in [2.75, 3.05) is 172 Å². The molecule has 4 aromatic rings. The second-order valence-corrected chi connectivity index (χ2v) is 35.3. The Labute approximate surface area is 743 Å². The highest BCUT2D eigenvalue weighted by molar-refractivity contribution is 5.82. The zero-order valence-corrected chi connectivity index (χ0v) is 75.6. The van der Waals surface area contributed by atoms with Crippen LogP contribution >= 0.6 is 0 Å². The van der Waals surface area contributed by atoms with Crippen LogP contribution in [-0.2, 0) is 88.2 Å². The van der Waals surface area contributed by atoms with E-state index in [4.69, 9.17) is 58.0 Å². The van der Waals surface area contributed by atoms with Crippen molar-refractivity contribution in [1.29, 1.82) is 0 Å². The first-order chi connectivity index (χ1) is 60.1. The predicted molar refractivity (Wildman–Crippen MR) is 454 cm³/mol. The van der Waals surface area contributed by atoms with Gasteiger partial charge in [-0.2, -0.15) is 39.5 Å². The van der Waals surface area contributed by atoms with Crippen molar-refractivity contribution in [1.82, 2.24) is 45.3 Å². The van der Waals surface area contributed by atoms with Gasteiger partial charge >= 0.3 is 60.6 Å². The van der Waals surface area contributed by atoms with E-state index in [-0.39, 0.29) is 157 Å². The Balaban J connectivity index is 0.000000277. The fraction of sp³-hybridized carbons (Fsp3) is 0.648. The average Bonchev–Trinajstić information content (AvgIpc) is 0.777. The van der Waals surface area contributed by atoms with Gasteiger partial charge in [-0.15, -0.1) is 0 Å². The molecular weight excluding hydrogens is 1700 g/mol. The molecule has 4 aromatic carbocycles. The zero-order valence-electron chi connectivity index (χ0n) is 75.6. The third kappa shape index (κ3) is 36.2. The summed E-state index contributed by atoms with van der Waals surface area (Å²) in [5.74, 6) is -5.73. The highest BCUT2D eigenvalue weighted by Gasteiger charge is 2.51. The largest absolute Gasteiger partial charge is 0.471 e. The van der Waals surface area contributed by atoms with E-state index in [0.717, 1.165) is 40.7 Å². The van der Waals surface area contributed by atoms with E-state index in [9.17, 15) is 78.2 Å². The molecule has 0 unspecified atom stereocenters. The number of azide groups is 1. The van der Waals surface area contributed by atoms with Gasteiger partial charge in [-0.05, 0) is 83.2 Å². The number of carbonyl (C=O) groups excluding carboxylic acids is 7. The van der Waals surface area contributed by atoms with Crippen LogP contribution in [0.4, 0.5) is 58.7 Å². The fourth-order valence-electron chi connectivity index (χ4n) is 13.2. The van der Waals surface area contributed by atoms with Gasteiger partial charge in [-0.3, -0.25) is 14.4 Å². The lowest BCUT2D eigenvalue weighted by atomic mass is 9.84. The normalized spacial score (nSPS) is 16.7. The highest BCUT2D eigenvalue weighted by Crippen LogP contribution is 2.36. The highest BCUT2D eigenvalue weighted by atomic mass is 19.4. The van der Waals surface area contributed by atoms with E-state index in [1.807, 2.05) is 168 Å². The molecule has 6 aliphatic heterocycles. The zero-order chi connectivity index (χ0) is 95.3. The van der Waals surface area contributed by atoms with Gasteiger partial charge < -0.3 is 103 Å². The van der Waals surface area contributed by atoms with Crippen molar-refractivity contribution >= 4 is 42.1 Å². The van der Waals surface area contributed by atoms with Crippen LogP contribution in [0, 0.1) is 32.5 Å². The Morgan fingerprint density at radius 1 is 0.383 bits per heavy atom. The van der Waals surface area contributed by atoms with Crippen LogP contribution in [0.5, 0.6) is 0 Å². The summed E-state index contributed by atoms with van der Waals surface area (Å²) in [6.07, 6.45) is -16.5. The van der Waals surface area contributed by atoms with Gasteiger partial charge in [0.1, 0.15) is 26.4 Å². The molecule has 6 fully saturated rings. The lowest BCUT2D eigenvalue weighted by molar-refractivity contribution is -0.191. The molecule has 6 heterocycles. The smallest absolute Gasteiger partial charge is 0.445 e. The number of benzene rings is 4. The summed E-state index contributed by atoms with van der Waals surface area (Å²) in [6, 6.07) is 37.7. The topological polar surface area (TPSA) is 357 Å². The minimum absolute atomic E-state index is 0.0114. The summed E-state index contributed by atoms with van der Waals surface area (Å²) < 4.78 is 164. The summed E-state index contributed by atoms with van der Waals surface area (Å²) in [7, 11) is 2.27. The third-order valence-corrected chi connectivity index (χ3v) is 21.3. The van der Waals surface area contributed by atoms with Gasteiger partial charge in [0.05, 0.1) is 114 Å². The molecule has 0 saturated carbocycles. The maximum Gasteiger partial charge on any atom is 0.471 e. The Hall–Kier alpha value is -9.35. The number of amides is 7. The molecule has 0 atom stereocenters. The minimum Gasteiger partial charge on any atom is -0.445 e. The van der Waals surface area contributed by atoms with Crippen LogP contribution in [0.3, 0.4) is 0 Å². The summed E-state index contributed by atoms with van der Waals surface area (Å²) >= 11 is 0. The molecular formula is C88H129F9N12O19. The molecule has 6 aliphatic rings. The van der Waals surface area contributed by atoms with E-state index in [1.165, 1.54) is 16.8 Å². The number of hydrogen-bond acceptors (Lipinski definition) is 22. The molecule has 6 saturated heterocycles. The Kier molecular flexibility index (Phi) is 43.8. The van der Waals surface area contributed by atoms with Crippen LogP contribution in [0.25, 0.3) is 10.4 Å². The summed E-state index contributed by atoms with van der Waals surface area (Å²) in [5.41, 5.74) is 9.53. The van der Waals surface area contributed by atoms with E-state index >= 15 is 0 Å². The van der Waals surface area contributed by atoms with E-state index < -0.39 is 64.7 Å². The van der Waals surface area contributed by atoms with Gasteiger partial charge in [0.25, 0.3) is 0 Å². The number of ether oxygens (including phenoxy) is 10. The Morgan fingerprint density at radius 3 is 0.867 bits per heavy atom. The van der Waals surface area contributed by atoms with Gasteiger partial charge in [0.15, 0.2) is 0 Å². The molecule has 128 heavy (non-hydrogen) atoms. The van der Waals surface area contributed by atoms with Crippen molar-refractivity contribution in [3.05, 3.63) is 154 Å². The summed E-state index contributed by atoms with van der Waals surface area (Å²) in [5, 5.41) is 30.5. The number of aliphatic hydroxyl groups is 2. The maximum absolute atomic E-state index is 12.7. The fourth-order valence-corrected chi connectivity index (χ4v) is 13.2. The van der Waals surface area contributed by atoms with Crippen LogP contribution in [0.2, 0.25) is 0 Å². The van der Waals surface area contributed by atoms with Crippen molar-refractivity contribution in [2.24, 2.45) is 37.6 Å². The first-order valence-electron chi connectivity index (χ1n) is 42.2. The molecule has 7 amide bonds. The van der Waals surface area contributed by atoms with Gasteiger partial charge in [0, 0.05) is 132 Å². The standard InChI is InChI=1S/C19H25F3N2O4.C18H23F3N2O4.C16H22N4O3.C16H23NO4.C11H19F3N2O2.C8H17NO2/c1-14(2)24(17(26)28-9-15-7-5-4-6-8-15)11-18(12-27-13-18)10-23(3)16(25)19(20,21)22;1-13(2)23(16(25)27-8-14-6-4-3-5-7-14)10-17(11-26-12-17)9-22-15(24)18(19,20)21;1-13(2)20(10-16(9-18-19-17)11-22-12-16)15(21)23-8-14-6-4-3-5-7-14;1-13(2)17(9-16(10-18)11-20-12-16)15(19)21-8-14-6-4-3-5-7-14;1-8(2)15-4-10(6-18-7-10)5-16(3)9(17)11(12,13)14;1-7(2)9-3-8(4-10)5-11-6-8/h4-8,14H,9-13H2,1-3H3;3-7,13H,8-12H2,1-2H3,(H,22,24);3-7,13H,8-12H2,1-2H3;3-7,13,18H,8-12H2,1-2H3;8,15H,4-7H2,1-3H3;7,9-10H,3-6H2,1-2H3. The van der Waals surface area contributed by atoms with E-state index in [2.05, 4.69) is 34.5 Å². The number of hydrogen-bond donors (Lipinski definition) is 5. The second kappa shape index (κ2) is 51.3. The SMILES string of the molecule is CC(C)N(CC1(CN(C)C(=O)C(F)(F)F)COC1)C(=O)OCc1ccccc1.CC(C)N(CC1(CN=[N+]=[N-])COC1)C(=O)OCc1ccccc1.CC(C)N(CC1(CNC(=O)C(F)(F)F)COC1)C(=O)OCc1ccccc1.CC(C)N(CC1(CO)COC1)C(=O)OCc1ccccc1.CC(C)NCC1(CN(C)C(=O)C(F)(F)F)COC1.CC(C)NCC1(CO)COC1. The van der Waals surface area contributed by atoms with Crippen LogP contribution in [0.1, 0.15) is 105 Å². The number of carbonyl (C=O) groups is 7. The molecule has 0 aliphatic carbocycles. The number of rotatable bonds is 36. The van der Waals surface area contributed by atoms with Crippen molar-refractivity contribution in [3.8, 4) is 0 Å². The maximum atomic E-state index is 12.7. The number of nitrogens with one attached hydrogen (secondary N) is 3. The molecule has 0 spiro atoms. The van der Waals surface area contributed by atoms with Gasteiger partial charge in [-0.25, -0.2) is 19.2 Å². The first kappa shape index (κ1) is 109. The monoisotopic (exact) mass is 1830 g/mol. The Morgan fingerprint density at radius 2 is 0.633 bits per heavy atom. The van der Waals surface area contributed by atoms with Crippen LogP contribution in [-0.4, -0.2) is 309 Å². The second-order valence-electron chi connectivity index (χ2n) is 35.3. The predicted octanol–water partition coefficient (Wildman–Crippen LogP) is 12.2. The molecule has 40 heteroatoms. The van der Waals surface area contributed by atoms with E-state index in [0.29, 0.717) is 90.0 Å². The molecule has 718 valence electrons. The molecule has 31 nitrogen and oxygen atoms in total. The van der Waals surface area contributed by atoms with Gasteiger partial charge in [-0.1, -0.05) is 154 Å². The molecule has 0 bridgehead atoms. The van der Waals surface area contributed by atoms with Crippen molar-refractivity contribution in [2.45, 2.75) is 164 Å². The first-order valence-corrected chi connectivity index (χ1v) is 42.2.